The number of piperidine rings is 1. The molecule has 124 valence electrons. The first-order valence-electron chi connectivity index (χ1n) is 7.78. The number of rotatable bonds is 2. The Morgan fingerprint density at radius 1 is 1.00 bits per heavy atom. The number of hydrogen-bond donors (Lipinski definition) is 2. The third-order valence-electron chi connectivity index (χ3n) is 4.08. The Hall–Kier alpha value is -2.12. The van der Waals surface area contributed by atoms with E-state index in [1.807, 2.05) is 0 Å². The van der Waals surface area contributed by atoms with Gasteiger partial charge in [-0.05, 0) is 24.3 Å². The van der Waals surface area contributed by atoms with Crippen molar-refractivity contribution in [3.8, 4) is 0 Å². The zero-order valence-electron chi connectivity index (χ0n) is 13.1. The molecule has 3 rings (SSSR count). The lowest BCUT2D eigenvalue weighted by Crippen LogP contribution is -2.48. The van der Waals surface area contributed by atoms with Crippen molar-refractivity contribution in [2.75, 3.05) is 36.9 Å². The number of carbonyl (C=O) groups is 2. The van der Waals surface area contributed by atoms with E-state index in [4.69, 9.17) is 9.47 Å². The summed E-state index contributed by atoms with van der Waals surface area (Å²) in [6.45, 7) is 3.93. The molecule has 0 aromatic heterocycles. The molecule has 2 fully saturated rings. The van der Waals surface area contributed by atoms with Crippen LogP contribution in [0.5, 0.6) is 0 Å². The molecule has 0 saturated carbocycles. The zero-order chi connectivity index (χ0) is 16.3. The highest BCUT2D eigenvalue weighted by Crippen LogP contribution is 2.31. The van der Waals surface area contributed by atoms with Crippen molar-refractivity contribution >= 4 is 23.3 Å². The van der Waals surface area contributed by atoms with Gasteiger partial charge in [0, 0.05) is 44.2 Å². The van der Waals surface area contributed by atoms with Crippen LogP contribution < -0.4 is 10.6 Å². The maximum absolute atomic E-state index is 12.3. The van der Waals surface area contributed by atoms with E-state index < -0.39 is 5.79 Å². The maximum atomic E-state index is 12.3. The molecule has 1 aromatic rings. The molecule has 0 aliphatic carbocycles. The Balaban J connectivity index is 1.52. The maximum Gasteiger partial charge on any atom is 0.321 e. The minimum Gasteiger partial charge on any atom is -0.347 e. The molecule has 2 aliphatic heterocycles. The summed E-state index contributed by atoms with van der Waals surface area (Å²) in [5, 5.41) is 5.55. The topological polar surface area (TPSA) is 79.9 Å². The smallest absolute Gasteiger partial charge is 0.321 e. The first-order valence-corrected chi connectivity index (χ1v) is 7.78. The summed E-state index contributed by atoms with van der Waals surface area (Å²) in [6.07, 6.45) is 1.39. The van der Waals surface area contributed by atoms with Crippen LogP contribution in [0.4, 0.5) is 16.2 Å². The van der Waals surface area contributed by atoms with Crippen molar-refractivity contribution < 1.29 is 19.1 Å². The van der Waals surface area contributed by atoms with E-state index in [0.29, 0.717) is 50.5 Å². The van der Waals surface area contributed by atoms with Gasteiger partial charge in [0.25, 0.3) is 0 Å². The van der Waals surface area contributed by atoms with Gasteiger partial charge in [-0.3, -0.25) is 4.79 Å². The second-order valence-electron chi connectivity index (χ2n) is 5.78. The Morgan fingerprint density at radius 3 is 2.04 bits per heavy atom. The normalized spacial score (nSPS) is 19.6. The molecule has 0 atom stereocenters. The Labute approximate surface area is 134 Å². The monoisotopic (exact) mass is 319 g/mol. The average molecular weight is 319 g/mol. The Kier molecular flexibility index (Phi) is 4.49. The number of anilines is 2. The predicted molar refractivity (Wildman–Crippen MR) is 85.2 cm³/mol. The fourth-order valence-corrected chi connectivity index (χ4v) is 2.88. The van der Waals surface area contributed by atoms with Crippen molar-refractivity contribution in [3.05, 3.63) is 24.3 Å². The van der Waals surface area contributed by atoms with Gasteiger partial charge < -0.3 is 25.0 Å². The van der Waals surface area contributed by atoms with Gasteiger partial charge in [0.05, 0.1) is 13.2 Å². The zero-order valence-corrected chi connectivity index (χ0v) is 13.1. The number of likely N-dealkylation sites (tertiary alicyclic amines) is 1. The minimum atomic E-state index is -0.475. The van der Waals surface area contributed by atoms with Gasteiger partial charge in [0.15, 0.2) is 5.79 Å². The van der Waals surface area contributed by atoms with E-state index in [2.05, 4.69) is 10.6 Å². The second kappa shape index (κ2) is 6.55. The molecule has 2 N–H and O–H groups in total. The molecule has 0 radical (unpaired) electrons. The highest BCUT2D eigenvalue weighted by atomic mass is 16.7. The van der Waals surface area contributed by atoms with Gasteiger partial charge in [0.2, 0.25) is 5.91 Å². The molecule has 1 aromatic carbocycles. The highest BCUT2D eigenvalue weighted by Gasteiger charge is 2.40. The number of nitrogens with one attached hydrogen (secondary N) is 2. The van der Waals surface area contributed by atoms with E-state index in [9.17, 15) is 9.59 Å². The molecule has 1 spiro atoms. The molecule has 7 nitrogen and oxygen atoms in total. The number of ether oxygens (including phenoxy) is 2. The lowest BCUT2D eigenvalue weighted by molar-refractivity contribution is -0.181. The van der Waals surface area contributed by atoms with E-state index in [0.717, 1.165) is 0 Å². The summed E-state index contributed by atoms with van der Waals surface area (Å²) < 4.78 is 11.3. The average Bonchev–Trinajstić information content (AvgIpc) is 2.97. The lowest BCUT2D eigenvalue weighted by Gasteiger charge is -2.37. The highest BCUT2D eigenvalue weighted by molar-refractivity contribution is 5.91. The molecular weight excluding hydrogens is 298 g/mol. The number of nitrogens with zero attached hydrogens (tertiary/aromatic N) is 1. The minimum absolute atomic E-state index is 0.125. The predicted octanol–water partition coefficient (Wildman–Crippen LogP) is 2.02. The van der Waals surface area contributed by atoms with Crippen LogP contribution in [0.25, 0.3) is 0 Å². The number of carbonyl (C=O) groups excluding carboxylic acids is 2. The SMILES string of the molecule is CC(=O)Nc1ccc(NC(=O)N2CCC3(CC2)OCCO3)cc1. The van der Waals surface area contributed by atoms with E-state index in [1.54, 1.807) is 29.2 Å². The van der Waals surface area contributed by atoms with E-state index in [1.165, 1.54) is 6.92 Å². The van der Waals surface area contributed by atoms with Gasteiger partial charge in [0.1, 0.15) is 0 Å². The van der Waals surface area contributed by atoms with Crippen molar-refractivity contribution in [2.24, 2.45) is 0 Å². The van der Waals surface area contributed by atoms with Crippen molar-refractivity contribution in [1.29, 1.82) is 0 Å². The van der Waals surface area contributed by atoms with Crippen LogP contribution in [0.15, 0.2) is 24.3 Å². The molecule has 0 bridgehead atoms. The van der Waals surface area contributed by atoms with Gasteiger partial charge >= 0.3 is 6.03 Å². The number of hydrogen-bond acceptors (Lipinski definition) is 4. The van der Waals surface area contributed by atoms with Crippen LogP contribution in [-0.4, -0.2) is 48.9 Å². The van der Waals surface area contributed by atoms with Crippen molar-refractivity contribution in [2.45, 2.75) is 25.6 Å². The van der Waals surface area contributed by atoms with Crippen LogP contribution in [0, 0.1) is 0 Å². The van der Waals surface area contributed by atoms with Crippen LogP contribution in [0.3, 0.4) is 0 Å². The van der Waals surface area contributed by atoms with Crippen molar-refractivity contribution in [1.82, 2.24) is 4.90 Å². The van der Waals surface area contributed by atoms with Crippen LogP contribution in [0.2, 0.25) is 0 Å². The lowest BCUT2D eigenvalue weighted by atomic mass is 10.0. The summed E-state index contributed by atoms with van der Waals surface area (Å²) in [5.41, 5.74) is 1.39. The van der Waals surface area contributed by atoms with Crippen molar-refractivity contribution in [3.63, 3.8) is 0 Å². The van der Waals surface area contributed by atoms with Gasteiger partial charge in [-0.15, -0.1) is 0 Å². The fraction of sp³-hybridized carbons (Fsp3) is 0.500. The summed E-state index contributed by atoms with van der Waals surface area (Å²) in [7, 11) is 0. The number of urea groups is 1. The summed E-state index contributed by atoms with van der Waals surface area (Å²) in [4.78, 5) is 25.0. The Morgan fingerprint density at radius 2 is 1.52 bits per heavy atom. The molecular formula is C16H21N3O4. The summed E-state index contributed by atoms with van der Waals surface area (Å²) in [6, 6.07) is 6.89. The van der Waals surface area contributed by atoms with Crippen LogP contribution >= 0.6 is 0 Å². The molecule has 7 heteroatoms. The third kappa shape index (κ3) is 3.80. The fourth-order valence-electron chi connectivity index (χ4n) is 2.88. The van der Waals surface area contributed by atoms with Crippen LogP contribution in [0.1, 0.15) is 19.8 Å². The molecule has 3 amide bonds. The van der Waals surface area contributed by atoms with Crippen LogP contribution in [-0.2, 0) is 14.3 Å². The van der Waals surface area contributed by atoms with Gasteiger partial charge in [-0.2, -0.15) is 0 Å². The number of amides is 3. The molecule has 2 aliphatic rings. The number of benzene rings is 1. The van der Waals surface area contributed by atoms with E-state index in [-0.39, 0.29) is 11.9 Å². The van der Waals surface area contributed by atoms with Gasteiger partial charge in [-0.25, -0.2) is 4.79 Å². The molecule has 2 saturated heterocycles. The summed E-state index contributed by atoms with van der Waals surface area (Å²) >= 11 is 0. The summed E-state index contributed by atoms with van der Waals surface area (Å²) in [5.74, 6) is -0.600. The standard InChI is InChI=1S/C16H21N3O4/c1-12(20)17-13-2-4-14(5-3-13)18-15(21)19-8-6-16(7-9-19)22-10-11-23-16/h2-5H,6-11H2,1H3,(H,17,20)(H,18,21). The first kappa shape index (κ1) is 15.8. The van der Waals surface area contributed by atoms with Gasteiger partial charge in [-0.1, -0.05) is 0 Å². The van der Waals surface area contributed by atoms with E-state index >= 15 is 0 Å². The molecule has 23 heavy (non-hydrogen) atoms. The second-order valence-corrected chi connectivity index (χ2v) is 5.78. The Bertz CT molecular complexity index is 571. The quantitative estimate of drug-likeness (QED) is 0.874. The third-order valence-corrected chi connectivity index (χ3v) is 4.08. The molecule has 2 heterocycles. The molecule has 0 unspecified atom stereocenters. The largest absolute Gasteiger partial charge is 0.347 e. The first-order chi connectivity index (χ1) is 11.1.